The molecule has 0 aliphatic rings. The Morgan fingerprint density at radius 3 is 2.02 bits per heavy atom. The zero-order valence-corrected chi connectivity index (χ0v) is 25.4. The van der Waals surface area contributed by atoms with E-state index in [-0.39, 0.29) is 38.0 Å². The van der Waals surface area contributed by atoms with Gasteiger partial charge in [0.15, 0.2) is 0 Å². The summed E-state index contributed by atoms with van der Waals surface area (Å²) in [4.78, 5) is 28.6. The number of nitrogens with two attached hydrogens (primary N) is 1. The van der Waals surface area contributed by atoms with E-state index in [9.17, 15) is 9.59 Å². The molecule has 0 atom stereocenters. The van der Waals surface area contributed by atoms with Gasteiger partial charge in [0.05, 0.1) is 31.7 Å². The molecular formula is C36H36N2O7. The number of carbonyl (C=O) groups excluding carboxylic acids is 2. The van der Waals surface area contributed by atoms with E-state index in [0.717, 1.165) is 38.9 Å². The second-order valence-electron chi connectivity index (χ2n) is 10.3. The van der Waals surface area contributed by atoms with Gasteiger partial charge in [-0.2, -0.15) is 0 Å². The molecule has 0 bridgehead atoms. The summed E-state index contributed by atoms with van der Waals surface area (Å²) >= 11 is 0. The van der Waals surface area contributed by atoms with Crippen molar-refractivity contribution >= 4 is 22.9 Å². The molecule has 5 rings (SSSR count). The molecule has 0 fully saturated rings. The number of hydrogen-bond donors (Lipinski definition) is 1. The van der Waals surface area contributed by atoms with E-state index < -0.39 is 0 Å². The van der Waals surface area contributed by atoms with E-state index in [4.69, 9.17) is 29.1 Å². The Balaban J connectivity index is 1.43. The van der Waals surface area contributed by atoms with Crippen LogP contribution >= 0.6 is 0 Å². The van der Waals surface area contributed by atoms with Gasteiger partial charge in [0.1, 0.15) is 36.1 Å². The van der Waals surface area contributed by atoms with E-state index >= 15 is 0 Å². The summed E-state index contributed by atoms with van der Waals surface area (Å²) < 4.78 is 28.9. The topological polar surface area (TPSA) is 123 Å². The number of nitrogens with zero attached hydrogens (tertiary/aromatic N) is 1. The smallest absolute Gasteiger partial charge is 0.310 e. The Hall–Kier alpha value is -5.15. The Morgan fingerprint density at radius 2 is 1.40 bits per heavy atom. The molecule has 2 aromatic heterocycles. The van der Waals surface area contributed by atoms with Crippen LogP contribution in [0.4, 0.5) is 0 Å². The van der Waals surface area contributed by atoms with Crippen molar-refractivity contribution < 1.29 is 33.0 Å². The largest absolute Gasteiger partial charge is 0.489 e. The molecule has 3 aromatic carbocycles. The number of pyridine rings is 1. The number of esters is 2. The van der Waals surface area contributed by atoms with Crippen LogP contribution < -0.4 is 15.2 Å². The van der Waals surface area contributed by atoms with Gasteiger partial charge < -0.3 is 29.1 Å². The highest BCUT2D eigenvalue weighted by Gasteiger charge is 2.16. The van der Waals surface area contributed by atoms with Crippen molar-refractivity contribution in [3.05, 3.63) is 113 Å². The highest BCUT2D eigenvalue weighted by Crippen LogP contribution is 2.34. The van der Waals surface area contributed by atoms with E-state index in [1.54, 1.807) is 20.0 Å². The molecule has 0 spiro atoms. The maximum atomic E-state index is 12.1. The molecule has 2 heterocycles. The van der Waals surface area contributed by atoms with Gasteiger partial charge in [-0.1, -0.05) is 36.4 Å². The zero-order chi connectivity index (χ0) is 31.6. The van der Waals surface area contributed by atoms with E-state index in [1.165, 1.54) is 0 Å². The van der Waals surface area contributed by atoms with Crippen molar-refractivity contribution in [2.75, 3.05) is 13.2 Å². The van der Waals surface area contributed by atoms with Crippen molar-refractivity contribution in [2.45, 2.75) is 46.4 Å². The van der Waals surface area contributed by atoms with Crippen LogP contribution in [0.5, 0.6) is 11.5 Å². The van der Waals surface area contributed by atoms with Crippen LogP contribution in [0.3, 0.4) is 0 Å². The first-order valence-electron chi connectivity index (χ1n) is 14.9. The standard InChI is InChI=1S/C36H36N2O7/c1-3-41-34(39)19-26-9-5-7-11-32(26)43-22-24-15-28-18-30(23-44-33-12-8-6-10-27(33)20-35(40)42-4-2)45-36(28)31(16-24)25-13-14-38-29(17-25)21-37/h5-18H,3-4,19-23,37H2,1-2H3. The van der Waals surface area contributed by atoms with E-state index in [2.05, 4.69) is 4.98 Å². The molecule has 0 saturated carbocycles. The molecule has 9 heteroatoms. The lowest BCUT2D eigenvalue weighted by Crippen LogP contribution is -2.09. The van der Waals surface area contributed by atoms with Gasteiger partial charge in [-0.25, -0.2) is 0 Å². The molecule has 0 aliphatic heterocycles. The number of carbonyl (C=O) groups is 2. The van der Waals surface area contributed by atoms with Gasteiger partial charge in [0, 0.05) is 34.8 Å². The quantitative estimate of drug-likeness (QED) is 0.144. The predicted octanol–water partition coefficient (Wildman–Crippen LogP) is 6.32. The number of aromatic nitrogens is 1. The lowest BCUT2D eigenvalue weighted by molar-refractivity contribution is -0.143. The molecule has 0 radical (unpaired) electrons. The van der Waals surface area contributed by atoms with E-state index in [0.29, 0.717) is 42.6 Å². The molecule has 9 nitrogen and oxygen atoms in total. The molecular weight excluding hydrogens is 572 g/mol. The third-order valence-corrected chi connectivity index (χ3v) is 7.05. The molecule has 0 amide bonds. The van der Waals surface area contributed by atoms with Gasteiger partial charge in [0.2, 0.25) is 0 Å². The SMILES string of the molecule is CCOC(=O)Cc1ccccc1OCc1cc(-c2ccnc(CN)c2)c2oc(COc3ccccc3CC(=O)OCC)cc2c1. The summed E-state index contributed by atoms with van der Waals surface area (Å²) in [6.45, 7) is 4.93. The summed E-state index contributed by atoms with van der Waals surface area (Å²) in [5, 5.41) is 0.871. The summed E-state index contributed by atoms with van der Waals surface area (Å²) in [5.74, 6) is 1.20. The van der Waals surface area contributed by atoms with Crippen LogP contribution in [0.15, 0.2) is 89.5 Å². The number of para-hydroxylation sites is 2. The molecule has 5 aromatic rings. The lowest BCUT2D eigenvalue weighted by Gasteiger charge is -2.13. The minimum atomic E-state index is -0.311. The maximum Gasteiger partial charge on any atom is 0.310 e. The fourth-order valence-corrected chi connectivity index (χ4v) is 5.02. The van der Waals surface area contributed by atoms with Gasteiger partial charge in [0.25, 0.3) is 0 Å². The minimum Gasteiger partial charge on any atom is -0.489 e. The molecule has 0 unspecified atom stereocenters. The first kappa shape index (κ1) is 31.3. The van der Waals surface area contributed by atoms with Gasteiger partial charge >= 0.3 is 11.9 Å². The van der Waals surface area contributed by atoms with Crippen molar-refractivity contribution in [1.82, 2.24) is 4.98 Å². The number of hydrogen-bond acceptors (Lipinski definition) is 9. The second kappa shape index (κ2) is 15.0. The summed E-state index contributed by atoms with van der Waals surface area (Å²) in [5.41, 5.74) is 11.5. The summed E-state index contributed by atoms with van der Waals surface area (Å²) in [7, 11) is 0. The van der Waals surface area contributed by atoms with Crippen LogP contribution in [-0.2, 0) is 51.7 Å². The molecule has 232 valence electrons. The molecule has 0 aliphatic carbocycles. The Kier molecular flexibility index (Phi) is 10.4. The molecule has 0 saturated heterocycles. The molecule has 2 N–H and O–H groups in total. The van der Waals surface area contributed by atoms with Gasteiger partial charge in [-0.05, 0) is 67.4 Å². The number of furan rings is 1. The van der Waals surface area contributed by atoms with Gasteiger partial charge in [-0.3, -0.25) is 14.6 Å². The normalized spacial score (nSPS) is 10.9. The van der Waals surface area contributed by atoms with Crippen LogP contribution in [0.25, 0.3) is 22.1 Å². The Labute approximate surface area is 261 Å². The predicted molar refractivity (Wildman–Crippen MR) is 170 cm³/mol. The first-order chi connectivity index (χ1) is 22.0. The molecule has 45 heavy (non-hydrogen) atoms. The fourth-order valence-electron chi connectivity index (χ4n) is 5.02. The number of benzene rings is 3. The van der Waals surface area contributed by atoms with Gasteiger partial charge in [-0.15, -0.1) is 0 Å². The van der Waals surface area contributed by atoms with Crippen molar-refractivity contribution in [1.29, 1.82) is 0 Å². The first-order valence-corrected chi connectivity index (χ1v) is 14.9. The maximum absolute atomic E-state index is 12.1. The third-order valence-electron chi connectivity index (χ3n) is 7.05. The number of rotatable bonds is 14. The average Bonchev–Trinajstić information content (AvgIpc) is 3.47. The highest BCUT2D eigenvalue weighted by atomic mass is 16.5. The zero-order valence-electron chi connectivity index (χ0n) is 25.4. The Bertz CT molecular complexity index is 1780. The summed E-state index contributed by atoms with van der Waals surface area (Å²) in [6.07, 6.45) is 1.97. The van der Waals surface area contributed by atoms with E-state index in [1.807, 2.05) is 78.9 Å². The van der Waals surface area contributed by atoms with Crippen molar-refractivity contribution in [3.8, 4) is 22.6 Å². The third kappa shape index (κ3) is 8.07. The second-order valence-corrected chi connectivity index (χ2v) is 10.3. The lowest BCUT2D eigenvalue weighted by atomic mass is 10.0. The van der Waals surface area contributed by atoms with Crippen LogP contribution in [0.1, 0.15) is 42.0 Å². The Morgan fingerprint density at radius 1 is 0.778 bits per heavy atom. The van der Waals surface area contributed by atoms with Crippen molar-refractivity contribution in [3.63, 3.8) is 0 Å². The number of ether oxygens (including phenoxy) is 4. The monoisotopic (exact) mass is 608 g/mol. The average molecular weight is 609 g/mol. The summed E-state index contributed by atoms with van der Waals surface area (Å²) in [6, 6.07) is 24.7. The van der Waals surface area contributed by atoms with Crippen LogP contribution in [-0.4, -0.2) is 30.1 Å². The highest BCUT2D eigenvalue weighted by molar-refractivity contribution is 5.93. The number of fused-ring (bicyclic) bond motifs is 1. The minimum absolute atomic E-state index is 0.117. The van der Waals surface area contributed by atoms with Crippen molar-refractivity contribution in [2.24, 2.45) is 5.73 Å². The van der Waals surface area contributed by atoms with Crippen LogP contribution in [0.2, 0.25) is 0 Å². The van der Waals surface area contributed by atoms with Crippen LogP contribution in [0, 0.1) is 0 Å². The fraction of sp³-hybridized carbons (Fsp3) is 0.250.